The molecule has 0 heterocycles. The lowest BCUT2D eigenvalue weighted by Gasteiger charge is -2.27. The fourth-order valence-electron chi connectivity index (χ4n) is 2.37. The van der Waals surface area contributed by atoms with E-state index in [0.29, 0.717) is 5.92 Å². The van der Waals surface area contributed by atoms with Crippen LogP contribution >= 0.6 is 0 Å². The van der Waals surface area contributed by atoms with Crippen molar-refractivity contribution in [3.63, 3.8) is 0 Å². The molecular weight excluding hydrogens is 200 g/mol. The van der Waals surface area contributed by atoms with Crippen LogP contribution in [0.2, 0.25) is 0 Å². The van der Waals surface area contributed by atoms with Gasteiger partial charge in [0.1, 0.15) is 0 Å². The van der Waals surface area contributed by atoms with Gasteiger partial charge in [-0.2, -0.15) is 0 Å². The monoisotopic (exact) mass is 226 g/mol. The first-order valence-corrected chi connectivity index (χ1v) is 6.59. The first-order chi connectivity index (χ1) is 7.56. The number of nitrogens with one attached hydrogen (secondary N) is 2. The molecule has 0 radical (unpaired) electrons. The van der Waals surface area contributed by atoms with E-state index >= 15 is 0 Å². The van der Waals surface area contributed by atoms with Gasteiger partial charge < -0.3 is 10.6 Å². The van der Waals surface area contributed by atoms with Crippen LogP contribution < -0.4 is 10.6 Å². The van der Waals surface area contributed by atoms with Crippen LogP contribution in [-0.4, -0.2) is 24.5 Å². The Morgan fingerprint density at radius 2 is 1.88 bits per heavy atom. The summed E-state index contributed by atoms with van der Waals surface area (Å²) in [5, 5.41) is 6.27. The predicted octanol–water partition coefficient (Wildman–Crippen LogP) is 2.07. The highest BCUT2D eigenvalue weighted by molar-refractivity contribution is 5.85. The number of rotatable bonds is 5. The molecule has 1 aliphatic carbocycles. The summed E-state index contributed by atoms with van der Waals surface area (Å²) in [6.07, 6.45) is 6.59. The number of hydrogen-bond donors (Lipinski definition) is 2. The molecule has 16 heavy (non-hydrogen) atoms. The molecule has 2 N–H and O–H groups in total. The van der Waals surface area contributed by atoms with E-state index in [1.54, 1.807) is 0 Å². The van der Waals surface area contributed by atoms with Gasteiger partial charge in [0.15, 0.2) is 0 Å². The molecule has 1 rings (SSSR count). The smallest absolute Gasteiger partial charge is 0.239 e. The zero-order chi connectivity index (χ0) is 12.0. The number of carbonyl (C=O) groups excluding carboxylic acids is 1. The van der Waals surface area contributed by atoms with Crippen LogP contribution in [0.4, 0.5) is 0 Å². The molecule has 0 saturated heterocycles. The minimum absolute atomic E-state index is 0.125. The highest BCUT2D eigenvalue weighted by Crippen LogP contribution is 2.22. The highest BCUT2D eigenvalue weighted by atomic mass is 16.2. The Morgan fingerprint density at radius 1 is 1.25 bits per heavy atom. The van der Waals surface area contributed by atoms with Gasteiger partial charge in [0, 0.05) is 6.54 Å². The van der Waals surface area contributed by atoms with Gasteiger partial charge in [-0.25, -0.2) is 0 Å². The van der Waals surface area contributed by atoms with Crippen molar-refractivity contribution in [3.05, 3.63) is 0 Å². The molecular formula is C13H26N2O. The summed E-state index contributed by atoms with van der Waals surface area (Å²) in [5.41, 5.74) is -0.441. The van der Waals surface area contributed by atoms with Gasteiger partial charge in [0.25, 0.3) is 0 Å². The second kappa shape index (κ2) is 6.24. The average molecular weight is 226 g/mol. The fourth-order valence-corrected chi connectivity index (χ4v) is 2.37. The topological polar surface area (TPSA) is 41.1 Å². The van der Waals surface area contributed by atoms with E-state index in [-0.39, 0.29) is 5.91 Å². The third-order valence-electron chi connectivity index (χ3n) is 3.46. The van der Waals surface area contributed by atoms with Crippen molar-refractivity contribution in [1.29, 1.82) is 0 Å². The van der Waals surface area contributed by atoms with Crippen LogP contribution in [0.25, 0.3) is 0 Å². The van der Waals surface area contributed by atoms with Crippen LogP contribution in [-0.2, 0) is 4.79 Å². The fraction of sp³-hybridized carbons (Fsp3) is 0.923. The van der Waals surface area contributed by atoms with Gasteiger partial charge >= 0.3 is 0 Å². The van der Waals surface area contributed by atoms with Crippen molar-refractivity contribution in [2.45, 2.75) is 58.4 Å². The summed E-state index contributed by atoms with van der Waals surface area (Å²) in [6, 6.07) is 0. The molecule has 0 atom stereocenters. The van der Waals surface area contributed by atoms with Gasteiger partial charge in [-0.05, 0) is 39.2 Å². The number of hydrogen-bond acceptors (Lipinski definition) is 2. The Morgan fingerprint density at radius 3 is 2.44 bits per heavy atom. The molecule has 1 amide bonds. The first kappa shape index (κ1) is 13.5. The first-order valence-electron chi connectivity index (χ1n) is 6.59. The van der Waals surface area contributed by atoms with Crippen LogP contribution in [0.5, 0.6) is 0 Å². The molecule has 3 heteroatoms. The molecule has 3 nitrogen and oxygen atoms in total. The van der Waals surface area contributed by atoms with Gasteiger partial charge in [-0.1, -0.05) is 26.2 Å². The Labute approximate surface area is 99.4 Å². The van der Waals surface area contributed by atoms with E-state index < -0.39 is 5.54 Å². The second-order valence-electron chi connectivity index (χ2n) is 5.37. The Bertz CT molecular complexity index is 220. The maximum atomic E-state index is 11.9. The Kier molecular flexibility index (Phi) is 5.26. The summed E-state index contributed by atoms with van der Waals surface area (Å²) in [5.74, 6) is 0.829. The Hall–Kier alpha value is -0.570. The van der Waals surface area contributed by atoms with Gasteiger partial charge in [-0.3, -0.25) is 4.79 Å². The van der Waals surface area contributed by atoms with E-state index in [9.17, 15) is 4.79 Å². The molecule has 0 aliphatic heterocycles. The SMILES string of the molecule is CCNC(C)(C)C(=O)NCC1CCCCC1. The lowest BCUT2D eigenvalue weighted by atomic mass is 9.89. The largest absolute Gasteiger partial charge is 0.354 e. The number of carbonyl (C=O) groups is 1. The molecule has 1 fully saturated rings. The highest BCUT2D eigenvalue weighted by Gasteiger charge is 2.26. The lowest BCUT2D eigenvalue weighted by molar-refractivity contribution is -0.126. The van der Waals surface area contributed by atoms with Crippen LogP contribution in [0.3, 0.4) is 0 Å². The van der Waals surface area contributed by atoms with Crippen molar-refractivity contribution in [2.75, 3.05) is 13.1 Å². The molecule has 0 bridgehead atoms. The number of amides is 1. The number of likely N-dealkylation sites (N-methyl/N-ethyl adjacent to an activating group) is 1. The third kappa shape index (κ3) is 4.12. The minimum atomic E-state index is -0.441. The zero-order valence-electron chi connectivity index (χ0n) is 10.9. The van der Waals surface area contributed by atoms with Gasteiger partial charge in [0.05, 0.1) is 5.54 Å². The van der Waals surface area contributed by atoms with Crippen molar-refractivity contribution < 1.29 is 4.79 Å². The summed E-state index contributed by atoms with van der Waals surface area (Å²) in [6.45, 7) is 7.58. The maximum absolute atomic E-state index is 11.9. The summed E-state index contributed by atoms with van der Waals surface area (Å²) >= 11 is 0. The van der Waals surface area contributed by atoms with Crippen LogP contribution in [0.15, 0.2) is 0 Å². The molecule has 1 saturated carbocycles. The summed E-state index contributed by atoms with van der Waals surface area (Å²) in [4.78, 5) is 11.9. The molecule has 0 aromatic rings. The van der Waals surface area contributed by atoms with E-state index in [2.05, 4.69) is 10.6 Å². The predicted molar refractivity (Wildman–Crippen MR) is 67.3 cm³/mol. The molecule has 0 aromatic carbocycles. The van der Waals surface area contributed by atoms with Gasteiger partial charge in [0.2, 0.25) is 5.91 Å². The molecule has 0 spiro atoms. The zero-order valence-corrected chi connectivity index (χ0v) is 10.9. The van der Waals surface area contributed by atoms with E-state index in [4.69, 9.17) is 0 Å². The van der Waals surface area contributed by atoms with E-state index in [1.807, 2.05) is 20.8 Å². The molecule has 1 aliphatic rings. The van der Waals surface area contributed by atoms with Crippen molar-refractivity contribution in [3.8, 4) is 0 Å². The molecule has 0 unspecified atom stereocenters. The third-order valence-corrected chi connectivity index (χ3v) is 3.46. The summed E-state index contributed by atoms with van der Waals surface area (Å²) in [7, 11) is 0. The van der Waals surface area contributed by atoms with Crippen molar-refractivity contribution >= 4 is 5.91 Å². The molecule has 0 aromatic heterocycles. The lowest BCUT2D eigenvalue weighted by Crippen LogP contribution is -2.53. The van der Waals surface area contributed by atoms with Gasteiger partial charge in [-0.15, -0.1) is 0 Å². The van der Waals surface area contributed by atoms with E-state index in [1.165, 1.54) is 32.1 Å². The van der Waals surface area contributed by atoms with Crippen molar-refractivity contribution in [2.24, 2.45) is 5.92 Å². The normalized spacial score (nSPS) is 18.4. The molecule has 94 valence electrons. The van der Waals surface area contributed by atoms with Crippen molar-refractivity contribution in [1.82, 2.24) is 10.6 Å². The minimum Gasteiger partial charge on any atom is -0.354 e. The van der Waals surface area contributed by atoms with Crippen LogP contribution in [0.1, 0.15) is 52.9 Å². The second-order valence-corrected chi connectivity index (χ2v) is 5.37. The average Bonchev–Trinajstić information content (AvgIpc) is 2.27. The maximum Gasteiger partial charge on any atom is 0.239 e. The quantitative estimate of drug-likeness (QED) is 0.753. The Balaban J connectivity index is 2.28. The standard InChI is InChI=1S/C13H26N2O/c1-4-15-13(2,3)12(16)14-10-11-8-6-5-7-9-11/h11,15H,4-10H2,1-3H3,(H,14,16). The van der Waals surface area contributed by atoms with Crippen LogP contribution in [0, 0.1) is 5.92 Å². The summed E-state index contributed by atoms with van der Waals surface area (Å²) < 4.78 is 0. The van der Waals surface area contributed by atoms with E-state index in [0.717, 1.165) is 13.1 Å².